The zero-order chi connectivity index (χ0) is 13.0. The normalized spacial score (nSPS) is 12.4. The topological polar surface area (TPSA) is 12.0 Å². The fraction of sp³-hybridized carbons (Fsp3) is 0.250. The van der Waals surface area contributed by atoms with Crippen LogP contribution in [-0.4, -0.2) is 0 Å². The van der Waals surface area contributed by atoms with Gasteiger partial charge >= 0.3 is 0 Å². The molecule has 94 valence electrons. The standard InChI is InChI=1S/C16H18BrN/c1-12(2)16(13-8-4-3-5-9-13)18-15-11-7-6-10-14(15)17/h3-12,16,18H,1-2H3. The summed E-state index contributed by atoms with van der Waals surface area (Å²) in [5.41, 5.74) is 2.46. The molecule has 18 heavy (non-hydrogen) atoms. The van der Waals surface area contributed by atoms with Gasteiger partial charge in [0.05, 0.1) is 6.04 Å². The van der Waals surface area contributed by atoms with Crippen molar-refractivity contribution in [2.75, 3.05) is 5.32 Å². The van der Waals surface area contributed by atoms with Crippen molar-refractivity contribution in [2.24, 2.45) is 5.92 Å². The van der Waals surface area contributed by atoms with Crippen LogP contribution in [0.2, 0.25) is 0 Å². The van der Waals surface area contributed by atoms with Crippen molar-refractivity contribution in [1.82, 2.24) is 0 Å². The van der Waals surface area contributed by atoms with Gasteiger partial charge in [0.15, 0.2) is 0 Å². The van der Waals surface area contributed by atoms with Crippen LogP contribution >= 0.6 is 15.9 Å². The monoisotopic (exact) mass is 303 g/mol. The van der Waals surface area contributed by atoms with Crippen LogP contribution in [0.15, 0.2) is 59.1 Å². The van der Waals surface area contributed by atoms with E-state index in [1.165, 1.54) is 5.56 Å². The zero-order valence-corrected chi connectivity index (χ0v) is 12.3. The van der Waals surface area contributed by atoms with Gasteiger partial charge in [0.25, 0.3) is 0 Å². The van der Waals surface area contributed by atoms with Gasteiger partial charge in [0.2, 0.25) is 0 Å². The Bertz CT molecular complexity index is 493. The van der Waals surface area contributed by atoms with Crippen LogP contribution in [-0.2, 0) is 0 Å². The summed E-state index contributed by atoms with van der Waals surface area (Å²) in [6.45, 7) is 4.48. The summed E-state index contributed by atoms with van der Waals surface area (Å²) in [4.78, 5) is 0. The van der Waals surface area contributed by atoms with Gasteiger partial charge in [-0.3, -0.25) is 0 Å². The van der Waals surface area contributed by atoms with E-state index in [0.717, 1.165) is 10.2 Å². The van der Waals surface area contributed by atoms with Gasteiger partial charge in [-0.25, -0.2) is 0 Å². The Kier molecular flexibility index (Phi) is 4.43. The lowest BCUT2D eigenvalue weighted by Crippen LogP contribution is -2.16. The van der Waals surface area contributed by atoms with Crippen molar-refractivity contribution in [2.45, 2.75) is 19.9 Å². The molecule has 2 aromatic rings. The molecule has 0 heterocycles. The fourth-order valence-electron chi connectivity index (χ4n) is 2.04. The van der Waals surface area contributed by atoms with Crippen LogP contribution in [0.3, 0.4) is 0 Å². The second-order valence-corrected chi connectivity index (χ2v) is 5.61. The van der Waals surface area contributed by atoms with Crippen LogP contribution in [0.1, 0.15) is 25.5 Å². The predicted molar refractivity (Wildman–Crippen MR) is 81.8 cm³/mol. The number of anilines is 1. The minimum Gasteiger partial charge on any atom is -0.377 e. The van der Waals surface area contributed by atoms with Crippen molar-refractivity contribution in [3.63, 3.8) is 0 Å². The highest BCUT2D eigenvalue weighted by atomic mass is 79.9. The smallest absolute Gasteiger partial charge is 0.0537 e. The van der Waals surface area contributed by atoms with Crippen molar-refractivity contribution < 1.29 is 0 Å². The van der Waals surface area contributed by atoms with E-state index in [4.69, 9.17) is 0 Å². The molecule has 0 spiro atoms. The third-order valence-electron chi connectivity index (χ3n) is 3.01. The highest BCUT2D eigenvalue weighted by molar-refractivity contribution is 9.10. The molecule has 1 atom stereocenters. The second kappa shape index (κ2) is 6.05. The molecule has 0 saturated carbocycles. The average Bonchev–Trinajstić information content (AvgIpc) is 2.38. The van der Waals surface area contributed by atoms with Crippen molar-refractivity contribution in [3.05, 3.63) is 64.6 Å². The Hall–Kier alpha value is -1.28. The first-order chi connectivity index (χ1) is 8.68. The van der Waals surface area contributed by atoms with E-state index in [1.54, 1.807) is 0 Å². The Labute approximate surface area is 117 Å². The molecule has 1 nitrogen and oxygen atoms in total. The third kappa shape index (κ3) is 3.14. The summed E-state index contributed by atoms with van der Waals surface area (Å²) < 4.78 is 1.10. The quantitative estimate of drug-likeness (QED) is 0.812. The van der Waals surface area contributed by atoms with E-state index in [9.17, 15) is 0 Å². The summed E-state index contributed by atoms with van der Waals surface area (Å²) in [5.74, 6) is 0.527. The fourth-order valence-corrected chi connectivity index (χ4v) is 2.44. The summed E-state index contributed by atoms with van der Waals surface area (Å²) in [6, 6.07) is 19.1. The lowest BCUT2D eigenvalue weighted by Gasteiger charge is -2.24. The molecule has 1 unspecified atom stereocenters. The molecule has 0 aromatic heterocycles. The van der Waals surface area contributed by atoms with Gasteiger partial charge in [-0.05, 0) is 39.5 Å². The van der Waals surface area contributed by atoms with Crippen LogP contribution in [0.4, 0.5) is 5.69 Å². The molecule has 0 fully saturated rings. The molecular weight excluding hydrogens is 286 g/mol. The molecule has 0 amide bonds. The van der Waals surface area contributed by atoms with E-state index < -0.39 is 0 Å². The first-order valence-electron chi connectivity index (χ1n) is 6.24. The van der Waals surface area contributed by atoms with Crippen LogP contribution < -0.4 is 5.32 Å². The van der Waals surface area contributed by atoms with Crippen molar-refractivity contribution >= 4 is 21.6 Å². The van der Waals surface area contributed by atoms with Gasteiger partial charge in [0, 0.05) is 10.2 Å². The van der Waals surface area contributed by atoms with Crippen molar-refractivity contribution in [1.29, 1.82) is 0 Å². The predicted octanol–water partition coefficient (Wildman–Crippen LogP) is 5.26. The molecule has 0 radical (unpaired) electrons. The number of para-hydroxylation sites is 1. The number of hydrogen-bond donors (Lipinski definition) is 1. The average molecular weight is 304 g/mol. The first-order valence-corrected chi connectivity index (χ1v) is 7.04. The van der Waals surface area contributed by atoms with Crippen LogP contribution in [0.5, 0.6) is 0 Å². The molecule has 2 heteroatoms. The minimum absolute atomic E-state index is 0.324. The summed E-state index contributed by atoms with van der Waals surface area (Å²) in [7, 11) is 0. The number of hydrogen-bond acceptors (Lipinski definition) is 1. The Morgan fingerprint density at radius 2 is 1.50 bits per heavy atom. The third-order valence-corrected chi connectivity index (χ3v) is 3.70. The highest BCUT2D eigenvalue weighted by Gasteiger charge is 2.15. The molecule has 2 rings (SSSR count). The molecular formula is C16H18BrN. The minimum atomic E-state index is 0.324. The van der Waals surface area contributed by atoms with E-state index >= 15 is 0 Å². The number of nitrogens with one attached hydrogen (secondary N) is 1. The van der Waals surface area contributed by atoms with E-state index in [2.05, 4.69) is 83.6 Å². The van der Waals surface area contributed by atoms with E-state index in [0.29, 0.717) is 12.0 Å². The van der Waals surface area contributed by atoms with Crippen LogP contribution in [0.25, 0.3) is 0 Å². The lowest BCUT2D eigenvalue weighted by molar-refractivity contribution is 0.546. The van der Waals surface area contributed by atoms with E-state index in [1.807, 2.05) is 6.07 Å². The molecule has 0 bridgehead atoms. The summed E-state index contributed by atoms with van der Waals surface area (Å²) >= 11 is 3.58. The highest BCUT2D eigenvalue weighted by Crippen LogP contribution is 2.30. The van der Waals surface area contributed by atoms with E-state index in [-0.39, 0.29) is 0 Å². The van der Waals surface area contributed by atoms with Gasteiger partial charge < -0.3 is 5.32 Å². The molecule has 0 aliphatic heterocycles. The second-order valence-electron chi connectivity index (χ2n) is 4.76. The maximum atomic E-state index is 3.62. The maximum absolute atomic E-state index is 3.62. The number of halogens is 1. The van der Waals surface area contributed by atoms with Gasteiger partial charge in [-0.15, -0.1) is 0 Å². The Morgan fingerprint density at radius 3 is 2.11 bits per heavy atom. The van der Waals surface area contributed by atoms with Crippen molar-refractivity contribution in [3.8, 4) is 0 Å². The first kappa shape index (κ1) is 13.2. The maximum Gasteiger partial charge on any atom is 0.0537 e. The largest absolute Gasteiger partial charge is 0.377 e. The molecule has 1 N–H and O–H groups in total. The van der Waals surface area contributed by atoms with Gasteiger partial charge in [-0.1, -0.05) is 56.3 Å². The molecule has 0 aliphatic rings. The van der Waals surface area contributed by atoms with Gasteiger partial charge in [0.1, 0.15) is 0 Å². The Balaban J connectivity index is 2.26. The zero-order valence-electron chi connectivity index (χ0n) is 10.7. The number of rotatable bonds is 4. The summed E-state index contributed by atoms with van der Waals surface area (Å²) in [5, 5.41) is 3.62. The lowest BCUT2D eigenvalue weighted by atomic mass is 9.96. The van der Waals surface area contributed by atoms with Gasteiger partial charge in [-0.2, -0.15) is 0 Å². The Morgan fingerprint density at radius 1 is 0.889 bits per heavy atom. The van der Waals surface area contributed by atoms with Crippen LogP contribution in [0, 0.1) is 5.92 Å². The molecule has 2 aromatic carbocycles. The molecule has 0 aliphatic carbocycles. The SMILES string of the molecule is CC(C)C(Nc1ccccc1Br)c1ccccc1. The summed E-state index contributed by atoms with van der Waals surface area (Å²) in [6.07, 6.45) is 0. The molecule has 0 saturated heterocycles. The number of benzene rings is 2.